The zero-order chi connectivity index (χ0) is 12.3. The van der Waals surface area contributed by atoms with Crippen LogP contribution in [0.3, 0.4) is 0 Å². The van der Waals surface area contributed by atoms with Gasteiger partial charge in [0.15, 0.2) is 0 Å². The van der Waals surface area contributed by atoms with Crippen LogP contribution in [0.15, 0.2) is 29.2 Å². The Morgan fingerprint density at radius 3 is 2.71 bits per heavy atom. The molecular weight excluding hydrogens is 244 g/mol. The maximum Gasteiger partial charge on any atom is 0.288 e. The smallest absolute Gasteiger partial charge is 0.288 e. The number of alkyl halides is 2. The van der Waals surface area contributed by atoms with Crippen LogP contribution in [0.25, 0.3) is 0 Å². The highest BCUT2D eigenvalue weighted by atomic mass is 32.2. The lowest BCUT2D eigenvalue weighted by molar-refractivity contribution is -0.0924. The predicted molar refractivity (Wildman–Crippen MR) is 65.7 cm³/mol. The molecule has 1 aliphatic heterocycles. The molecule has 0 aliphatic carbocycles. The number of hydrogen-bond donors (Lipinski definition) is 1. The van der Waals surface area contributed by atoms with Gasteiger partial charge in [-0.15, -0.1) is 0 Å². The maximum absolute atomic E-state index is 12.4. The highest BCUT2D eigenvalue weighted by molar-refractivity contribution is 7.99. The molecule has 0 saturated carbocycles. The first kappa shape index (κ1) is 12.6. The van der Waals surface area contributed by atoms with Crippen LogP contribution in [0.2, 0.25) is 0 Å². The first-order valence-corrected chi connectivity index (χ1v) is 6.32. The Morgan fingerprint density at radius 1 is 1.41 bits per heavy atom. The molecule has 1 N–H and O–H groups in total. The van der Waals surface area contributed by atoms with E-state index < -0.39 is 5.76 Å². The normalized spacial score (nSPS) is 17.9. The minimum atomic E-state index is -2.39. The van der Waals surface area contributed by atoms with Gasteiger partial charge in [-0.3, -0.25) is 0 Å². The lowest BCUT2D eigenvalue weighted by Gasteiger charge is -2.38. The van der Waals surface area contributed by atoms with Crippen molar-refractivity contribution >= 4 is 17.4 Å². The summed E-state index contributed by atoms with van der Waals surface area (Å²) in [5, 5.41) is 3.23. The molecule has 1 fully saturated rings. The van der Waals surface area contributed by atoms with Crippen LogP contribution in [0.5, 0.6) is 0 Å². The van der Waals surface area contributed by atoms with Gasteiger partial charge in [0.2, 0.25) is 0 Å². The Labute approximate surface area is 104 Å². The van der Waals surface area contributed by atoms with Crippen molar-refractivity contribution in [3.63, 3.8) is 0 Å². The zero-order valence-corrected chi connectivity index (χ0v) is 10.4. The van der Waals surface area contributed by atoms with Gasteiger partial charge >= 0.3 is 0 Å². The third-order valence-electron chi connectivity index (χ3n) is 2.71. The number of para-hydroxylation sites is 1. The fourth-order valence-corrected chi connectivity index (χ4v) is 2.29. The molecule has 17 heavy (non-hydrogen) atoms. The lowest BCUT2D eigenvalue weighted by Crippen LogP contribution is -2.45. The minimum Gasteiger partial charge on any atom is -0.383 e. The van der Waals surface area contributed by atoms with E-state index in [0.717, 1.165) is 25.4 Å². The molecular formula is C12H15F2NOS. The number of ether oxygens (including phenoxy) is 1. The van der Waals surface area contributed by atoms with E-state index in [0.29, 0.717) is 16.7 Å². The molecule has 0 bridgehead atoms. The molecule has 0 spiro atoms. The summed E-state index contributed by atoms with van der Waals surface area (Å²) in [5.41, 5.74) is 0.897. The summed E-state index contributed by atoms with van der Waals surface area (Å²) in [4.78, 5) is 0.589. The second-order valence-electron chi connectivity index (χ2n) is 4.53. The molecule has 0 aromatic heterocycles. The molecule has 1 aromatic rings. The van der Waals surface area contributed by atoms with E-state index in [4.69, 9.17) is 4.74 Å². The molecule has 0 radical (unpaired) electrons. The molecule has 94 valence electrons. The standard InChI is InChI=1S/C12H15F2NOS/c1-12(7-16-8-12)6-15-9-4-2-3-5-10(9)17-11(13)14/h2-5,11,15H,6-8H2,1H3. The van der Waals surface area contributed by atoms with E-state index >= 15 is 0 Å². The quantitative estimate of drug-likeness (QED) is 0.818. The first-order valence-electron chi connectivity index (χ1n) is 5.45. The molecule has 1 aromatic carbocycles. The fourth-order valence-electron chi connectivity index (χ4n) is 1.67. The number of halogens is 2. The predicted octanol–water partition coefficient (Wildman–Crippen LogP) is 3.45. The van der Waals surface area contributed by atoms with Crippen LogP contribution in [0.4, 0.5) is 14.5 Å². The molecule has 1 aliphatic rings. The third kappa shape index (κ3) is 3.33. The van der Waals surface area contributed by atoms with Crippen LogP contribution in [-0.2, 0) is 4.74 Å². The molecule has 0 amide bonds. The number of nitrogens with one attached hydrogen (secondary N) is 1. The van der Waals surface area contributed by atoms with Gasteiger partial charge in [0.1, 0.15) is 0 Å². The largest absolute Gasteiger partial charge is 0.383 e. The molecule has 1 saturated heterocycles. The van der Waals surface area contributed by atoms with E-state index in [1.807, 2.05) is 12.1 Å². The Hall–Kier alpha value is -0.810. The number of thioether (sulfide) groups is 1. The summed E-state index contributed by atoms with van der Waals surface area (Å²) in [5.74, 6) is -2.39. The minimum absolute atomic E-state index is 0.128. The Morgan fingerprint density at radius 2 is 2.12 bits per heavy atom. The van der Waals surface area contributed by atoms with Gasteiger partial charge in [-0.1, -0.05) is 30.8 Å². The van der Waals surface area contributed by atoms with E-state index in [1.165, 1.54) is 0 Å². The summed E-state index contributed by atoms with van der Waals surface area (Å²) in [6.45, 7) is 4.31. The van der Waals surface area contributed by atoms with E-state index in [9.17, 15) is 8.78 Å². The average Bonchev–Trinajstić information content (AvgIpc) is 2.25. The van der Waals surface area contributed by atoms with Crippen molar-refractivity contribution < 1.29 is 13.5 Å². The molecule has 5 heteroatoms. The number of anilines is 1. The average molecular weight is 259 g/mol. The van der Waals surface area contributed by atoms with Crippen LogP contribution in [0.1, 0.15) is 6.92 Å². The Bertz CT molecular complexity index is 383. The maximum atomic E-state index is 12.4. The summed E-state index contributed by atoms with van der Waals surface area (Å²) in [7, 11) is 0. The van der Waals surface area contributed by atoms with Crippen LogP contribution in [0, 0.1) is 5.41 Å². The van der Waals surface area contributed by atoms with Crippen molar-refractivity contribution in [2.24, 2.45) is 5.41 Å². The van der Waals surface area contributed by atoms with Crippen molar-refractivity contribution in [2.75, 3.05) is 25.1 Å². The van der Waals surface area contributed by atoms with Gasteiger partial charge in [-0.05, 0) is 12.1 Å². The number of benzene rings is 1. The van der Waals surface area contributed by atoms with E-state index in [1.54, 1.807) is 12.1 Å². The van der Waals surface area contributed by atoms with E-state index in [-0.39, 0.29) is 5.41 Å². The topological polar surface area (TPSA) is 21.3 Å². The van der Waals surface area contributed by atoms with Crippen LogP contribution in [-0.4, -0.2) is 25.5 Å². The van der Waals surface area contributed by atoms with Crippen LogP contribution >= 0.6 is 11.8 Å². The number of hydrogen-bond acceptors (Lipinski definition) is 3. The second-order valence-corrected chi connectivity index (χ2v) is 5.56. The molecule has 0 atom stereocenters. The molecule has 2 nitrogen and oxygen atoms in total. The highest BCUT2D eigenvalue weighted by Gasteiger charge is 2.33. The molecule has 0 unspecified atom stereocenters. The number of rotatable bonds is 5. The summed E-state index contributed by atoms with van der Waals surface area (Å²) < 4.78 is 29.9. The van der Waals surface area contributed by atoms with Gasteiger partial charge in [-0.25, -0.2) is 0 Å². The van der Waals surface area contributed by atoms with Gasteiger partial charge in [0.05, 0.1) is 13.2 Å². The lowest BCUT2D eigenvalue weighted by atomic mass is 9.89. The first-order chi connectivity index (χ1) is 8.09. The SMILES string of the molecule is CC1(CNc2ccccc2SC(F)F)COC1. The zero-order valence-electron chi connectivity index (χ0n) is 9.58. The molecule has 1 heterocycles. The Kier molecular flexibility index (Phi) is 3.89. The fraction of sp³-hybridized carbons (Fsp3) is 0.500. The van der Waals surface area contributed by atoms with Gasteiger partial charge in [0.25, 0.3) is 5.76 Å². The molecule has 2 rings (SSSR count). The highest BCUT2D eigenvalue weighted by Crippen LogP contribution is 2.33. The third-order valence-corrected chi connectivity index (χ3v) is 3.50. The van der Waals surface area contributed by atoms with Crippen molar-refractivity contribution in [1.82, 2.24) is 0 Å². The summed E-state index contributed by atoms with van der Waals surface area (Å²) >= 11 is 0.574. The Balaban J connectivity index is 1.99. The summed E-state index contributed by atoms with van der Waals surface area (Å²) in [6.07, 6.45) is 0. The monoisotopic (exact) mass is 259 g/mol. The van der Waals surface area contributed by atoms with Crippen molar-refractivity contribution in [1.29, 1.82) is 0 Å². The van der Waals surface area contributed by atoms with Crippen molar-refractivity contribution in [3.05, 3.63) is 24.3 Å². The van der Waals surface area contributed by atoms with Crippen molar-refractivity contribution in [3.8, 4) is 0 Å². The summed E-state index contributed by atoms with van der Waals surface area (Å²) in [6, 6.07) is 7.15. The van der Waals surface area contributed by atoms with Gasteiger partial charge in [0, 0.05) is 22.5 Å². The van der Waals surface area contributed by atoms with E-state index in [2.05, 4.69) is 12.2 Å². The van der Waals surface area contributed by atoms with Crippen LogP contribution < -0.4 is 5.32 Å². The second kappa shape index (κ2) is 5.23. The van der Waals surface area contributed by atoms with Gasteiger partial charge in [-0.2, -0.15) is 8.78 Å². The van der Waals surface area contributed by atoms with Crippen molar-refractivity contribution in [2.45, 2.75) is 17.6 Å². The van der Waals surface area contributed by atoms with Gasteiger partial charge < -0.3 is 10.1 Å².